The van der Waals surface area contributed by atoms with Gasteiger partial charge in [0.2, 0.25) is 12.3 Å². The first-order chi connectivity index (χ1) is 15.5. The van der Waals surface area contributed by atoms with Crippen molar-refractivity contribution in [1.82, 2.24) is 10.4 Å². The zero-order chi connectivity index (χ0) is 22.8. The van der Waals surface area contributed by atoms with Crippen LogP contribution in [0.2, 0.25) is 0 Å². The second-order valence-electron chi connectivity index (χ2n) is 8.19. The molecule has 7 heteroatoms. The van der Waals surface area contributed by atoms with E-state index in [0.29, 0.717) is 11.5 Å². The number of hydrogen-bond acceptors (Lipinski definition) is 5. The molecule has 0 aromatic heterocycles. The molecule has 170 valence electrons. The number of carbonyl (C=O) groups excluding carboxylic acids is 3. The van der Waals surface area contributed by atoms with Gasteiger partial charge >= 0.3 is 5.97 Å². The number of hydrogen-bond donors (Lipinski definition) is 2. The predicted octanol–water partition coefficient (Wildman–Crippen LogP) is 3.43. The first-order valence-corrected chi connectivity index (χ1v) is 11.0. The number of esters is 1. The van der Waals surface area contributed by atoms with Crippen molar-refractivity contribution in [3.63, 3.8) is 0 Å². The highest BCUT2D eigenvalue weighted by atomic mass is 16.5. The summed E-state index contributed by atoms with van der Waals surface area (Å²) in [6.07, 6.45) is 4.47. The lowest BCUT2D eigenvalue weighted by molar-refractivity contribution is -0.154. The molecule has 1 aliphatic rings. The van der Waals surface area contributed by atoms with Gasteiger partial charge in [0, 0.05) is 0 Å². The van der Waals surface area contributed by atoms with E-state index in [2.05, 4.69) is 5.32 Å². The van der Waals surface area contributed by atoms with Crippen molar-refractivity contribution in [2.24, 2.45) is 5.92 Å². The van der Waals surface area contributed by atoms with Gasteiger partial charge < -0.3 is 10.1 Å². The summed E-state index contributed by atoms with van der Waals surface area (Å²) in [6, 6.07) is 18.1. The molecule has 2 amide bonds. The molecule has 2 aromatic carbocycles. The third-order valence-electron chi connectivity index (χ3n) is 5.71. The van der Waals surface area contributed by atoms with Crippen LogP contribution in [-0.4, -0.2) is 41.2 Å². The van der Waals surface area contributed by atoms with Gasteiger partial charge in [-0.05, 0) is 43.2 Å². The Bertz CT molecular complexity index is 868. The molecule has 7 nitrogen and oxygen atoms in total. The number of rotatable bonds is 11. The summed E-state index contributed by atoms with van der Waals surface area (Å²) in [5.74, 6) is -1.38. The van der Waals surface area contributed by atoms with E-state index in [1.165, 1.54) is 0 Å². The zero-order valence-electron chi connectivity index (χ0n) is 18.1. The summed E-state index contributed by atoms with van der Waals surface area (Å²) in [7, 11) is 0. The van der Waals surface area contributed by atoms with Crippen molar-refractivity contribution in [1.29, 1.82) is 0 Å². The number of nitrogens with zero attached hydrogens (tertiary/aromatic N) is 1. The van der Waals surface area contributed by atoms with E-state index in [4.69, 9.17) is 4.74 Å². The molecular weight excluding hydrogens is 408 g/mol. The van der Waals surface area contributed by atoms with Crippen LogP contribution in [0.15, 0.2) is 60.7 Å². The lowest BCUT2D eigenvalue weighted by atomic mass is 9.96. The summed E-state index contributed by atoms with van der Waals surface area (Å²) < 4.78 is 5.60. The van der Waals surface area contributed by atoms with E-state index in [1.807, 2.05) is 60.7 Å². The van der Waals surface area contributed by atoms with Crippen LogP contribution in [0.1, 0.15) is 49.3 Å². The third kappa shape index (κ3) is 7.20. The average Bonchev–Trinajstić information content (AvgIpc) is 3.32. The Labute approximate surface area is 188 Å². The number of amides is 2. The topological polar surface area (TPSA) is 95.9 Å². The molecular formula is C25H30N2O5. The van der Waals surface area contributed by atoms with Crippen LogP contribution < -0.4 is 5.32 Å². The molecule has 0 heterocycles. The average molecular weight is 439 g/mol. The van der Waals surface area contributed by atoms with Crippen LogP contribution >= 0.6 is 0 Å². The summed E-state index contributed by atoms with van der Waals surface area (Å²) >= 11 is 0. The number of benzene rings is 2. The largest absolute Gasteiger partial charge is 0.462 e. The first-order valence-electron chi connectivity index (χ1n) is 11.0. The van der Waals surface area contributed by atoms with Gasteiger partial charge in [0.15, 0.2) is 0 Å². The number of hydroxylamine groups is 2. The van der Waals surface area contributed by atoms with Gasteiger partial charge in [0.1, 0.15) is 6.10 Å². The van der Waals surface area contributed by atoms with E-state index in [0.717, 1.165) is 36.8 Å². The Hall–Kier alpha value is -3.19. The van der Waals surface area contributed by atoms with Gasteiger partial charge in [0.05, 0.1) is 24.9 Å². The van der Waals surface area contributed by atoms with Crippen molar-refractivity contribution >= 4 is 18.3 Å². The Balaban J connectivity index is 1.72. The van der Waals surface area contributed by atoms with E-state index < -0.39 is 12.0 Å². The van der Waals surface area contributed by atoms with Crippen LogP contribution in [0.25, 0.3) is 0 Å². The Morgan fingerprint density at radius 3 is 2.31 bits per heavy atom. The SMILES string of the molecule is O=CN(O)CC(Cc1ccccc1)C(=O)NC(CC(=O)OC1CCCC1)c1ccccc1. The molecule has 1 fully saturated rings. The molecule has 2 aromatic rings. The molecule has 1 saturated carbocycles. The molecule has 2 unspecified atom stereocenters. The minimum absolute atomic E-state index is 0.0147. The third-order valence-corrected chi connectivity index (χ3v) is 5.71. The summed E-state index contributed by atoms with van der Waals surface area (Å²) in [6.45, 7) is -0.155. The molecule has 0 spiro atoms. The molecule has 1 aliphatic carbocycles. The maximum atomic E-state index is 13.2. The number of carbonyl (C=O) groups is 3. The summed E-state index contributed by atoms with van der Waals surface area (Å²) in [5, 5.41) is 13.1. The van der Waals surface area contributed by atoms with Gasteiger partial charge in [-0.25, -0.2) is 5.06 Å². The highest BCUT2D eigenvalue weighted by Gasteiger charge is 2.27. The zero-order valence-corrected chi connectivity index (χ0v) is 18.1. The number of nitrogens with one attached hydrogen (secondary N) is 1. The lowest BCUT2D eigenvalue weighted by Gasteiger charge is -2.24. The van der Waals surface area contributed by atoms with Gasteiger partial charge in [-0.3, -0.25) is 19.6 Å². The minimum Gasteiger partial charge on any atom is -0.462 e. The van der Waals surface area contributed by atoms with E-state index in [9.17, 15) is 19.6 Å². The highest BCUT2D eigenvalue weighted by Crippen LogP contribution is 2.24. The first kappa shape index (κ1) is 23.5. The summed E-state index contributed by atoms with van der Waals surface area (Å²) in [4.78, 5) is 36.7. The predicted molar refractivity (Wildman–Crippen MR) is 118 cm³/mol. The van der Waals surface area contributed by atoms with Crippen LogP contribution in [0.4, 0.5) is 0 Å². The quantitative estimate of drug-likeness (QED) is 0.243. The van der Waals surface area contributed by atoms with Gasteiger partial charge in [-0.15, -0.1) is 0 Å². The smallest absolute Gasteiger partial charge is 0.308 e. The fourth-order valence-corrected chi connectivity index (χ4v) is 4.04. The van der Waals surface area contributed by atoms with E-state index in [-0.39, 0.29) is 37.4 Å². The van der Waals surface area contributed by atoms with Crippen molar-refractivity contribution in [3.05, 3.63) is 71.8 Å². The molecule has 0 saturated heterocycles. The molecule has 0 radical (unpaired) electrons. The van der Waals surface area contributed by atoms with Crippen LogP contribution in [0.3, 0.4) is 0 Å². The van der Waals surface area contributed by atoms with Gasteiger partial charge in [0.25, 0.3) is 0 Å². The van der Waals surface area contributed by atoms with E-state index in [1.54, 1.807) is 0 Å². The normalized spacial score (nSPS) is 15.5. The molecule has 0 aliphatic heterocycles. The molecule has 0 bridgehead atoms. The Morgan fingerprint density at radius 1 is 1.06 bits per heavy atom. The fourth-order valence-electron chi connectivity index (χ4n) is 4.04. The Kier molecular flexibility index (Phi) is 8.80. The highest BCUT2D eigenvalue weighted by molar-refractivity contribution is 5.81. The molecule has 2 atom stereocenters. The Morgan fingerprint density at radius 2 is 1.69 bits per heavy atom. The van der Waals surface area contributed by atoms with Gasteiger partial charge in [-0.1, -0.05) is 60.7 Å². The monoisotopic (exact) mass is 438 g/mol. The maximum Gasteiger partial charge on any atom is 0.308 e. The standard InChI is InChI=1S/C25H30N2O5/c28-18-27(31)17-21(15-19-9-3-1-4-10-19)25(30)26-23(20-11-5-2-6-12-20)16-24(29)32-22-13-7-8-14-22/h1-6,9-12,18,21-23,31H,7-8,13-17H2,(H,26,30). The van der Waals surface area contributed by atoms with Crippen molar-refractivity contribution in [2.75, 3.05) is 6.54 Å². The fraction of sp³-hybridized carbons (Fsp3) is 0.400. The van der Waals surface area contributed by atoms with Crippen molar-refractivity contribution in [2.45, 2.75) is 50.7 Å². The lowest BCUT2D eigenvalue weighted by Crippen LogP contribution is -2.41. The van der Waals surface area contributed by atoms with Gasteiger partial charge in [-0.2, -0.15) is 0 Å². The molecule has 3 rings (SSSR count). The summed E-state index contributed by atoms with van der Waals surface area (Å²) in [5.41, 5.74) is 1.70. The van der Waals surface area contributed by atoms with E-state index >= 15 is 0 Å². The minimum atomic E-state index is -0.690. The van der Waals surface area contributed by atoms with Crippen molar-refractivity contribution in [3.8, 4) is 0 Å². The second kappa shape index (κ2) is 12.0. The maximum absolute atomic E-state index is 13.2. The molecule has 2 N–H and O–H groups in total. The van der Waals surface area contributed by atoms with Crippen molar-refractivity contribution < 1.29 is 24.3 Å². The second-order valence-corrected chi connectivity index (χ2v) is 8.19. The van der Waals surface area contributed by atoms with Crippen LogP contribution in [0.5, 0.6) is 0 Å². The van der Waals surface area contributed by atoms with Crippen LogP contribution in [0, 0.1) is 5.92 Å². The molecule has 32 heavy (non-hydrogen) atoms. The van der Waals surface area contributed by atoms with Crippen LogP contribution in [-0.2, 0) is 25.5 Å². The number of ether oxygens (including phenoxy) is 1.